The first-order chi connectivity index (χ1) is 8.86. The molecule has 0 saturated heterocycles. The molecule has 0 spiro atoms. The molecular weight excluding hydrogens is 242 g/mol. The van der Waals surface area contributed by atoms with E-state index in [1.54, 1.807) is 11.3 Å². The van der Waals surface area contributed by atoms with Gasteiger partial charge >= 0.3 is 0 Å². The molecule has 1 aliphatic rings. The zero-order valence-electron chi connectivity index (χ0n) is 10.5. The van der Waals surface area contributed by atoms with Crippen molar-refractivity contribution in [3.8, 4) is 0 Å². The number of aromatic nitrogens is 1. The van der Waals surface area contributed by atoms with Gasteiger partial charge < -0.3 is 10.2 Å². The van der Waals surface area contributed by atoms with E-state index in [1.807, 2.05) is 7.05 Å². The first kappa shape index (κ1) is 11.7. The summed E-state index contributed by atoms with van der Waals surface area (Å²) in [7, 11) is 1.96. The Balaban J connectivity index is 1.73. The topological polar surface area (TPSA) is 28.2 Å². The summed E-state index contributed by atoms with van der Waals surface area (Å²) in [5.41, 5.74) is 4.02. The summed E-state index contributed by atoms with van der Waals surface area (Å²) in [6.07, 6.45) is 1.16. The summed E-state index contributed by atoms with van der Waals surface area (Å²) in [6, 6.07) is 8.67. The molecule has 94 valence electrons. The Morgan fingerprint density at radius 3 is 3.17 bits per heavy atom. The summed E-state index contributed by atoms with van der Waals surface area (Å²) in [4.78, 5) is 7.07. The highest BCUT2D eigenvalue weighted by molar-refractivity contribution is 7.09. The van der Waals surface area contributed by atoms with Crippen LogP contribution in [0, 0.1) is 0 Å². The second kappa shape index (κ2) is 5.08. The van der Waals surface area contributed by atoms with Crippen LogP contribution in [0.5, 0.6) is 0 Å². The number of rotatable bonds is 4. The quantitative estimate of drug-likeness (QED) is 0.914. The third-order valence-electron chi connectivity index (χ3n) is 3.26. The van der Waals surface area contributed by atoms with Crippen molar-refractivity contribution in [2.24, 2.45) is 0 Å². The fourth-order valence-electron chi connectivity index (χ4n) is 2.42. The highest BCUT2D eigenvalue weighted by Gasteiger charge is 2.18. The SMILES string of the molecule is CNCc1nc(CN2CCc3ccccc32)cs1. The van der Waals surface area contributed by atoms with E-state index in [2.05, 4.69) is 44.8 Å². The van der Waals surface area contributed by atoms with Crippen molar-refractivity contribution in [3.63, 3.8) is 0 Å². The van der Waals surface area contributed by atoms with Gasteiger partial charge in [-0.05, 0) is 25.1 Å². The van der Waals surface area contributed by atoms with Gasteiger partial charge in [0.15, 0.2) is 0 Å². The van der Waals surface area contributed by atoms with E-state index in [0.717, 1.165) is 26.1 Å². The number of nitrogens with one attached hydrogen (secondary N) is 1. The van der Waals surface area contributed by atoms with Crippen LogP contribution < -0.4 is 10.2 Å². The van der Waals surface area contributed by atoms with Crippen molar-refractivity contribution in [1.29, 1.82) is 0 Å². The average molecular weight is 259 g/mol. The monoisotopic (exact) mass is 259 g/mol. The number of hydrogen-bond donors (Lipinski definition) is 1. The molecule has 1 N–H and O–H groups in total. The van der Waals surface area contributed by atoms with Gasteiger partial charge in [0.25, 0.3) is 0 Å². The molecule has 4 heteroatoms. The van der Waals surface area contributed by atoms with Gasteiger partial charge in [0.1, 0.15) is 5.01 Å². The summed E-state index contributed by atoms with van der Waals surface area (Å²) in [5, 5.41) is 6.48. The first-order valence-corrected chi connectivity index (χ1v) is 7.15. The minimum absolute atomic E-state index is 0.862. The van der Waals surface area contributed by atoms with E-state index in [0.29, 0.717) is 0 Å². The molecule has 1 aromatic heterocycles. The van der Waals surface area contributed by atoms with Crippen LogP contribution in [0.3, 0.4) is 0 Å². The Bertz CT molecular complexity index is 535. The van der Waals surface area contributed by atoms with Crippen LogP contribution in [0.15, 0.2) is 29.6 Å². The first-order valence-electron chi connectivity index (χ1n) is 6.27. The Kier molecular flexibility index (Phi) is 3.30. The number of thiazole rings is 1. The van der Waals surface area contributed by atoms with Crippen molar-refractivity contribution in [2.75, 3.05) is 18.5 Å². The Labute approximate surface area is 111 Å². The van der Waals surface area contributed by atoms with Crippen molar-refractivity contribution in [3.05, 3.63) is 45.9 Å². The van der Waals surface area contributed by atoms with E-state index >= 15 is 0 Å². The van der Waals surface area contributed by atoms with Gasteiger partial charge in [-0.3, -0.25) is 0 Å². The second-order valence-corrected chi connectivity index (χ2v) is 5.51. The number of fused-ring (bicyclic) bond motifs is 1. The lowest BCUT2D eigenvalue weighted by molar-refractivity contribution is 0.784. The maximum absolute atomic E-state index is 4.65. The predicted molar refractivity (Wildman–Crippen MR) is 76.1 cm³/mol. The second-order valence-electron chi connectivity index (χ2n) is 4.56. The summed E-state index contributed by atoms with van der Waals surface area (Å²) >= 11 is 1.74. The predicted octanol–water partition coefficient (Wildman–Crippen LogP) is 2.43. The molecule has 0 bridgehead atoms. The van der Waals surface area contributed by atoms with Gasteiger partial charge in [-0.2, -0.15) is 0 Å². The van der Waals surface area contributed by atoms with Crippen LogP contribution in [-0.2, 0) is 19.5 Å². The third-order valence-corrected chi connectivity index (χ3v) is 4.16. The summed E-state index contributed by atoms with van der Waals surface area (Å²) in [5.74, 6) is 0. The highest BCUT2D eigenvalue weighted by Crippen LogP contribution is 2.28. The van der Waals surface area contributed by atoms with E-state index in [1.165, 1.54) is 22.0 Å². The molecule has 0 unspecified atom stereocenters. The molecular formula is C14H17N3S. The van der Waals surface area contributed by atoms with Crippen LogP contribution in [0.4, 0.5) is 5.69 Å². The standard InChI is InChI=1S/C14H17N3S/c1-15-8-14-16-12(10-18-14)9-17-7-6-11-4-2-3-5-13(11)17/h2-5,10,15H,6-9H2,1H3. The van der Waals surface area contributed by atoms with Crippen LogP contribution >= 0.6 is 11.3 Å². The van der Waals surface area contributed by atoms with Crippen molar-refractivity contribution >= 4 is 17.0 Å². The van der Waals surface area contributed by atoms with Gasteiger partial charge in [-0.15, -0.1) is 11.3 Å². The molecule has 1 aromatic carbocycles. The van der Waals surface area contributed by atoms with E-state index in [9.17, 15) is 0 Å². The van der Waals surface area contributed by atoms with E-state index < -0.39 is 0 Å². The number of anilines is 1. The lowest BCUT2D eigenvalue weighted by Gasteiger charge is -2.17. The summed E-state index contributed by atoms with van der Waals surface area (Å²) in [6.45, 7) is 2.90. The largest absolute Gasteiger partial charge is 0.365 e. The number of benzene rings is 1. The zero-order valence-corrected chi connectivity index (χ0v) is 11.3. The Morgan fingerprint density at radius 1 is 1.39 bits per heavy atom. The third kappa shape index (κ3) is 2.26. The molecule has 1 aliphatic heterocycles. The Morgan fingerprint density at radius 2 is 2.28 bits per heavy atom. The molecule has 0 atom stereocenters. The molecule has 0 saturated carbocycles. The average Bonchev–Trinajstić information content (AvgIpc) is 2.99. The molecule has 0 amide bonds. The Hall–Kier alpha value is -1.39. The lowest BCUT2D eigenvalue weighted by Crippen LogP contribution is -2.19. The zero-order chi connectivity index (χ0) is 12.4. The van der Waals surface area contributed by atoms with Crippen LogP contribution in [0.2, 0.25) is 0 Å². The molecule has 2 heterocycles. The maximum atomic E-state index is 4.65. The van der Waals surface area contributed by atoms with E-state index in [4.69, 9.17) is 0 Å². The van der Waals surface area contributed by atoms with Crippen LogP contribution in [-0.4, -0.2) is 18.6 Å². The van der Waals surface area contributed by atoms with Gasteiger partial charge in [0.2, 0.25) is 0 Å². The van der Waals surface area contributed by atoms with Crippen molar-refractivity contribution in [2.45, 2.75) is 19.5 Å². The normalized spacial score (nSPS) is 13.9. The fourth-order valence-corrected chi connectivity index (χ4v) is 3.22. The highest BCUT2D eigenvalue weighted by atomic mass is 32.1. The summed E-state index contributed by atoms with van der Waals surface area (Å²) < 4.78 is 0. The van der Waals surface area contributed by atoms with Crippen molar-refractivity contribution in [1.82, 2.24) is 10.3 Å². The molecule has 0 radical (unpaired) electrons. The van der Waals surface area contributed by atoms with Gasteiger partial charge in [-0.1, -0.05) is 18.2 Å². The molecule has 3 rings (SSSR count). The van der Waals surface area contributed by atoms with E-state index in [-0.39, 0.29) is 0 Å². The fraction of sp³-hybridized carbons (Fsp3) is 0.357. The maximum Gasteiger partial charge on any atom is 0.107 e. The molecule has 18 heavy (non-hydrogen) atoms. The molecule has 0 aliphatic carbocycles. The molecule has 0 fully saturated rings. The van der Waals surface area contributed by atoms with Crippen LogP contribution in [0.25, 0.3) is 0 Å². The van der Waals surface area contributed by atoms with Gasteiger partial charge in [0.05, 0.1) is 12.2 Å². The number of hydrogen-bond acceptors (Lipinski definition) is 4. The molecule has 3 nitrogen and oxygen atoms in total. The smallest absolute Gasteiger partial charge is 0.107 e. The minimum atomic E-state index is 0.862. The van der Waals surface area contributed by atoms with Gasteiger partial charge in [-0.25, -0.2) is 4.98 Å². The number of nitrogens with zero attached hydrogens (tertiary/aromatic N) is 2. The number of para-hydroxylation sites is 1. The van der Waals surface area contributed by atoms with Crippen molar-refractivity contribution < 1.29 is 0 Å². The van der Waals surface area contributed by atoms with Gasteiger partial charge in [0, 0.05) is 24.2 Å². The minimum Gasteiger partial charge on any atom is -0.365 e. The van der Waals surface area contributed by atoms with Crippen LogP contribution in [0.1, 0.15) is 16.3 Å². The lowest BCUT2D eigenvalue weighted by atomic mass is 10.2. The molecule has 2 aromatic rings.